The van der Waals surface area contributed by atoms with Gasteiger partial charge in [-0.2, -0.15) is 0 Å². The Morgan fingerprint density at radius 2 is 1.54 bits per heavy atom. The van der Waals surface area contributed by atoms with Gasteiger partial charge in [-0.15, -0.1) is 0 Å². The van der Waals surface area contributed by atoms with Crippen LogP contribution in [0.5, 0.6) is 0 Å². The van der Waals surface area contributed by atoms with E-state index in [1.165, 1.54) is 32.3 Å². The molecule has 0 aromatic carbocycles. The van der Waals surface area contributed by atoms with Crippen molar-refractivity contribution in [1.82, 2.24) is 0 Å². The smallest absolute Gasteiger partial charge is 0.302 e. The Balaban J connectivity index is 1.56. The molecule has 152 valence electrons. The van der Waals surface area contributed by atoms with Gasteiger partial charge in [-0.3, -0.25) is 9.59 Å². The zero-order valence-corrected chi connectivity index (χ0v) is 17.2. The summed E-state index contributed by atoms with van der Waals surface area (Å²) in [4.78, 5) is 21.7. The van der Waals surface area contributed by atoms with Crippen LogP contribution < -0.4 is 0 Å². The Morgan fingerprint density at radius 1 is 0.929 bits per heavy atom. The van der Waals surface area contributed by atoms with Crippen LogP contribution in [0.25, 0.3) is 0 Å². The minimum atomic E-state index is -0.213. The van der Waals surface area contributed by atoms with E-state index in [9.17, 15) is 9.59 Å². The molecule has 0 saturated heterocycles. The number of unbranched alkanes of at least 4 members (excludes halogenated alkanes) is 3. The normalized spacial score (nSPS) is 26.8. The Hall–Kier alpha value is -2.02. The zero-order chi connectivity index (χ0) is 19.9. The summed E-state index contributed by atoms with van der Waals surface area (Å²) >= 11 is 0. The summed E-state index contributed by atoms with van der Waals surface area (Å²) < 4.78 is 10.0. The highest BCUT2D eigenvalue weighted by atomic mass is 16.5. The van der Waals surface area contributed by atoms with Crippen molar-refractivity contribution in [3.05, 3.63) is 23.3 Å². The Bertz CT molecular complexity index is 706. The molecule has 0 amide bonds. The second-order valence-corrected chi connectivity index (χ2v) is 8.18. The summed E-state index contributed by atoms with van der Waals surface area (Å²) in [7, 11) is 0. The number of hydrogen-bond acceptors (Lipinski definition) is 4. The summed E-state index contributed by atoms with van der Waals surface area (Å²) in [5, 5.41) is 0. The highest BCUT2D eigenvalue weighted by Crippen LogP contribution is 2.57. The highest BCUT2D eigenvalue weighted by molar-refractivity contribution is 5.66. The topological polar surface area (TPSA) is 52.6 Å². The zero-order valence-electron chi connectivity index (χ0n) is 17.2. The molecule has 0 N–H and O–H groups in total. The Kier molecular flexibility index (Phi) is 7.36. The summed E-state index contributed by atoms with van der Waals surface area (Å²) in [5.41, 5.74) is 2.92. The predicted octanol–water partition coefficient (Wildman–Crippen LogP) is 4.60. The maximum atomic E-state index is 10.9. The van der Waals surface area contributed by atoms with Gasteiger partial charge in [0.15, 0.2) is 0 Å². The van der Waals surface area contributed by atoms with Crippen LogP contribution in [0, 0.1) is 35.5 Å². The minimum Gasteiger partial charge on any atom is -0.466 e. The third-order valence-electron chi connectivity index (χ3n) is 6.28. The van der Waals surface area contributed by atoms with Gasteiger partial charge in [0.05, 0.1) is 13.2 Å². The van der Waals surface area contributed by atoms with Gasteiger partial charge in [-0.05, 0) is 56.8 Å². The van der Waals surface area contributed by atoms with Gasteiger partial charge in [0, 0.05) is 37.7 Å². The first-order valence-corrected chi connectivity index (χ1v) is 10.7. The van der Waals surface area contributed by atoms with Crippen LogP contribution in [-0.4, -0.2) is 25.2 Å². The molecule has 1 fully saturated rings. The first-order chi connectivity index (χ1) is 13.6. The molecule has 0 heterocycles. The molecule has 0 spiro atoms. The molecule has 4 aliphatic carbocycles. The number of allylic oxidation sites excluding steroid dienone is 4. The molecule has 1 saturated carbocycles. The number of carbonyl (C=O) groups excluding carboxylic acids is 2. The number of ether oxygens (including phenoxy) is 2. The Labute approximate surface area is 168 Å². The first-order valence-electron chi connectivity index (χ1n) is 10.7. The van der Waals surface area contributed by atoms with Gasteiger partial charge < -0.3 is 9.47 Å². The van der Waals surface area contributed by atoms with E-state index in [0.717, 1.165) is 50.4 Å². The maximum Gasteiger partial charge on any atom is 0.302 e. The van der Waals surface area contributed by atoms with Crippen LogP contribution >= 0.6 is 0 Å². The van der Waals surface area contributed by atoms with E-state index >= 15 is 0 Å². The summed E-state index contributed by atoms with van der Waals surface area (Å²) in [6, 6.07) is 0. The van der Waals surface area contributed by atoms with Crippen LogP contribution in [-0.2, 0) is 19.1 Å². The molecule has 2 unspecified atom stereocenters. The van der Waals surface area contributed by atoms with E-state index in [-0.39, 0.29) is 11.9 Å². The fourth-order valence-electron chi connectivity index (χ4n) is 4.83. The van der Waals surface area contributed by atoms with Crippen LogP contribution in [0.4, 0.5) is 0 Å². The molecular formula is C24H32O4. The fraction of sp³-hybridized carbons (Fsp3) is 0.667. The van der Waals surface area contributed by atoms with E-state index in [1.54, 1.807) is 5.57 Å². The summed E-state index contributed by atoms with van der Waals surface area (Å²) in [6.45, 7) is 3.91. The standard InChI is InChI=1S/C24H32O4/c1-17(25)27-15-7-4-3-5-9-19-20(10-6-8-16-28-18(2)26)22-12-11-21(19)23-13-14-24(22)23/h11-12,21-24H,3-4,6-8,10,13-16H2,1-2H3/t21?,22?,23-,24+/m1/s1. The van der Waals surface area contributed by atoms with Crippen LogP contribution in [0.2, 0.25) is 0 Å². The van der Waals surface area contributed by atoms with E-state index in [1.807, 2.05) is 0 Å². The SMILES string of the molecule is CC(=O)OCCCCC#CC1=C(CCCCOC(C)=O)C2C=CC1[C@H]1CC[C@@H]21. The van der Waals surface area contributed by atoms with Crippen molar-refractivity contribution in [2.45, 2.75) is 65.2 Å². The van der Waals surface area contributed by atoms with E-state index in [0.29, 0.717) is 25.0 Å². The highest BCUT2D eigenvalue weighted by Gasteiger charge is 2.49. The lowest BCUT2D eigenvalue weighted by atomic mass is 9.51. The summed E-state index contributed by atoms with van der Waals surface area (Å²) in [5.74, 6) is 9.22. The molecular weight excluding hydrogens is 352 g/mol. The lowest BCUT2D eigenvalue weighted by Gasteiger charge is -2.53. The monoisotopic (exact) mass is 384 g/mol. The lowest BCUT2D eigenvalue weighted by molar-refractivity contribution is -0.142. The molecule has 4 nitrogen and oxygen atoms in total. The summed E-state index contributed by atoms with van der Waals surface area (Å²) in [6.07, 6.45) is 13.2. The minimum absolute atomic E-state index is 0.198. The lowest BCUT2D eigenvalue weighted by Crippen LogP contribution is -2.44. The molecule has 4 aliphatic rings. The molecule has 4 atom stereocenters. The van der Waals surface area contributed by atoms with Crippen molar-refractivity contribution in [2.75, 3.05) is 13.2 Å². The van der Waals surface area contributed by atoms with Crippen molar-refractivity contribution in [3.8, 4) is 11.8 Å². The average Bonchev–Trinajstić information content (AvgIpc) is 2.61. The number of rotatable bonds is 9. The molecule has 0 aliphatic heterocycles. The second kappa shape index (κ2) is 9.96. The largest absolute Gasteiger partial charge is 0.466 e. The first kappa shape index (κ1) is 20.7. The molecule has 2 bridgehead atoms. The molecule has 0 aromatic heterocycles. The fourth-order valence-corrected chi connectivity index (χ4v) is 4.83. The van der Waals surface area contributed by atoms with Gasteiger partial charge in [0.25, 0.3) is 0 Å². The van der Waals surface area contributed by atoms with Gasteiger partial charge >= 0.3 is 11.9 Å². The van der Waals surface area contributed by atoms with Crippen molar-refractivity contribution in [2.24, 2.45) is 23.7 Å². The van der Waals surface area contributed by atoms with E-state index in [2.05, 4.69) is 24.0 Å². The molecule has 0 aromatic rings. The quantitative estimate of drug-likeness (QED) is 0.252. The van der Waals surface area contributed by atoms with Crippen molar-refractivity contribution < 1.29 is 19.1 Å². The Morgan fingerprint density at radius 3 is 2.18 bits per heavy atom. The van der Waals surface area contributed by atoms with Crippen molar-refractivity contribution >= 4 is 11.9 Å². The van der Waals surface area contributed by atoms with Crippen molar-refractivity contribution in [3.63, 3.8) is 0 Å². The number of esters is 2. The third kappa shape index (κ3) is 5.07. The molecule has 28 heavy (non-hydrogen) atoms. The van der Waals surface area contributed by atoms with Crippen LogP contribution in [0.1, 0.15) is 65.2 Å². The third-order valence-corrected chi connectivity index (χ3v) is 6.28. The number of carbonyl (C=O) groups is 2. The number of hydrogen-bond donors (Lipinski definition) is 0. The van der Waals surface area contributed by atoms with Crippen LogP contribution in [0.3, 0.4) is 0 Å². The van der Waals surface area contributed by atoms with Gasteiger partial charge in [-0.25, -0.2) is 0 Å². The van der Waals surface area contributed by atoms with Gasteiger partial charge in [-0.1, -0.05) is 29.6 Å². The van der Waals surface area contributed by atoms with Crippen LogP contribution in [0.15, 0.2) is 23.3 Å². The van der Waals surface area contributed by atoms with Gasteiger partial charge in [0.2, 0.25) is 0 Å². The average molecular weight is 385 g/mol. The predicted molar refractivity (Wildman–Crippen MR) is 108 cm³/mol. The second-order valence-electron chi connectivity index (χ2n) is 8.18. The molecule has 0 radical (unpaired) electrons. The van der Waals surface area contributed by atoms with E-state index in [4.69, 9.17) is 9.47 Å². The van der Waals surface area contributed by atoms with Gasteiger partial charge in [0.1, 0.15) is 0 Å². The van der Waals surface area contributed by atoms with E-state index < -0.39 is 0 Å². The van der Waals surface area contributed by atoms with Crippen molar-refractivity contribution in [1.29, 1.82) is 0 Å². The molecule has 4 rings (SSSR count). The molecule has 4 heteroatoms. The maximum absolute atomic E-state index is 10.9.